The number of anilines is 1. The van der Waals surface area contributed by atoms with Gasteiger partial charge in [0.05, 0.1) is 4.92 Å². The average molecular weight is 285 g/mol. The van der Waals surface area contributed by atoms with Gasteiger partial charge in [0.15, 0.2) is 17.3 Å². The summed E-state index contributed by atoms with van der Waals surface area (Å²) in [5.41, 5.74) is -0.708. The van der Waals surface area contributed by atoms with Crippen LogP contribution in [0.4, 0.5) is 20.2 Å². The molecule has 1 fully saturated rings. The number of nitrogens with one attached hydrogen (secondary N) is 1. The van der Waals surface area contributed by atoms with Crippen molar-refractivity contribution in [3.05, 3.63) is 33.9 Å². The predicted octanol–water partition coefficient (Wildman–Crippen LogP) is 2.45. The standard InChI is InChI=1S/C13H17F2N3O2/c1-13(16-2)5-7-17(8-6-13)12-10(18(19)20)4-3-9(14)11(12)15/h3-4,16H,5-8H2,1-2H3. The molecule has 0 atom stereocenters. The summed E-state index contributed by atoms with van der Waals surface area (Å²) in [6.45, 7) is 2.93. The number of hydrogen-bond donors (Lipinski definition) is 1. The molecule has 0 aliphatic carbocycles. The van der Waals surface area contributed by atoms with Crippen LogP contribution in [0.3, 0.4) is 0 Å². The smallest absolute Gasteiger partial charge is 0.295 e. The minimum atomic E-state index is -1.15. The highest BCUT2D eigenvalue weighted by Gasteiger charge is 2.33. The second-order valence-corrected chi connectivity index (χ2v) is 5.28. The van der Waals surface area contributed by atoms with Crippen molar-refractivity contribution in [2.45, 2.75) is 25.3 Å². The van der Waals surface area contributed by atoms with E-state index in [2.05, 4.69) is 5.32 Å². The fraction of sp³-hybridized carbons (Fsp3) is 0.538. The van der Waals surface area contributed by atoms with Crippen LogP contribution in [-0.4, -0.2) is 30.6 Å². The Hall–Kier alpha value is -1.76. The molecule has 5 nitrogen and oxygen atoms in total. The largest absolute Gasteiger partial charge is 0.363 e. The third kappa shape index (κ3) is 2.58. The molecule has 0 bridgehead atoms. The van der Waals surface area contributed by atoms with Gasteiger partial charge in [0.25, 0.3) is 5.69 Å². The minimum absolute atomic E-state index is 0.0743. The van der Waals surface area contributed by atoms with Gasteiger partial charge in [0, 0.05) is 24.7 Å². The van der Waals surface area contributed by atoms with E-state index in [0.29, 0.717) is 25.9 Å². The number of nitro groups is 1. The molecule has 1 saturated heterocycles. The lowest BCUT2D eigenvalue weighted by atomic mass is 9.89. The number of halogens is 2. The Balaban J connectivity index is 2.34. The van der Waals surface area contributed by atoms with E-state index in [-0.39, 0.29) is 11.2 Å². The predicted molar refractivity (Wildman–Crippen MR) is 71.9 cm³/mol. The van der Waals surface area contributed by atoms with Crippen molar-refractivity contribution in [3.63, 3.8) is 0 Å². The molecule has 0 spiro atoms. The minimum Gasteiger partial charge on any atom is -0.363 e. The molecule has 1 aromatic rings. The van der Waals surface area contributed by atoms with Gasteiger partial charge in [-0.15, -0.1) is 0 Å². The number of nitro benzene ring substituents is 1. The van der Waals surface area contributed by atoms with Crippen molar-refractivity contribution in [1.82, 2.24) is 5.32 Å². The van der Waals surface area contributed by atoms with Crippen molar-refractivity contribution in [2.75, 3.05) is 25.0 Å². The molecule has 0 saturated carbocycles. The number of hydrogen-bond acceptors (Lipinski definition) is 4. The van der Waals surface area contributed by atoms with Crippen molar-refractivity contribution in [1.29, 1.82) is 0 Å². The lowest BCUT2D eigenvalue weighted by molar-refractivity contribution is -0.384. The van der Waals surface area contributed by atoms with Crippen LogP contribution in [-0.2, 0) is 0 Å². The van der Waals surface area contributed by atoms with Crippen LogP contribution < -0.4 is 10.2 Å². The first kappa shape index (κ1) is 14.6. The summed E-state index contributed by atoms with van der Waals surface area (Å²) in [6, 6.07) is 1.80. The van der Waals surface area contributed by atoms with Crippen LogP contribution in [0.1, 0.15) is 19.8 Å². The van der Waals surface area contributed by atoms with Gasteiger partial charge in [-0.3, -0.25) is 10.1 Å². The third-order valence-electron chi connectivity index (χ3n) is 4.03. The highest BCUT2D eigenvalue weighted by atomic mass is 19.2. The van der Waals surface area contributed by atoms with Gasteiger partial charge >= 0.3 is 0 Å². The molecule has 0 unspecified atom stereocenters. The summed E-state index contributed by atoms with van der Waals surface area (Å²) < 4.78 is 27.3. The molecule has 1 N–H and O–H groups in total. The summed E-state index contributed by atoms with van der Waals surface area (Å²) in [5, 5.41) is 14.2. The molecular weight excluding hydrogens is 268 g/mol. The maximum Gasteiger partial charge on any atom is 0.295 e. The van der Waals surface area contributed by atoms with E-state index in [1.807, 2.05) is 14.0 Å². The Morgan fingerprint density at radius 2 is 1.95 bits per heavy atom. The molecule has 20 heavy (non-hydrogen) atoms. The first-order valence-corrected chi connectivity index (χ1v) is 6.44. The van der Waals surface area contributed by atoms with Gasteiger partial charge in [-0.05, 0) is 32.9 Å². The van der Waals surface area contributed by atoms with Gasteiger partial charge in [0.1, 0.15) is 0 Å². The van der Waals surface area contributed by atoms with Crippen LogP contribution >= 0.6 is 0 Å². The Labute approximate surface area is 115 Å². The van der Waals surface area contributed by atoms with E-state index < -0.39 is 22.2 Å². The zero-order valence-corrected chi connectivity index (χ0v) is 11.4. The molecule has 1 aromatic carbocycles. The van der Waals surface area contributed by atoms with Crippen molar-refractivity contribution < 1.29 is 13.7 Å². The summed E-state index contributed by atoms with van der Waals surface area (Å²) in [7, 11) is 1.85. The first-order chi connectivity index (χ1) is 9.38. The molecule has 110 valence electrons. The quantitative estimate of drug-likeness (QED) is 0.684. The van der Waals surface area contributed by atoms with E-state index >= 15 is 0 Å². The Morgan fingerprint density at radius 1 is 1.35 bits per heavy atom. The van der Waals surface area contributed by atoms with Crippen molar-refractivity contribution in [3.8, 4) is 0 Å². The Morgan fingerprint density at radius 3 is 2.45 bits per heavy atom. The highest BCUT2D eigenvalue weighted by molar-refractivity contribution is 5.64. The summed E-state index contributed by atoms with van der Waals surface area (Å²) in [5.74, 6) is -2.21. The van der Waals surface area contributed by atoms with Gasteiger partial charge in [-0.25, -0.2) is 8.78 Å². The number of benzene rings is 1. The van der Waals surface area contributed by atoms with Crippen molar-refractivity contribution in [2.24, 2.45) is 0 Å². The van der Waals surface area contributed by atoms with E-state index in [1.165, 1.54) is 0 Å². The van der Waals surface area contributed by atoms with Gasteiger partial charge < -0.3 is 10.2 Å². The van der Waals surface area contributed by atoms with Crippen LogP contribution in [0.15, 0.2) is 12.1 Å². The SMILES string of the molecule is CNC1(C)CCN(c2c([N+](=O)[O-])ccc(F)c2F)CC1. The highest BCUT2D eigenvalue weighted by Crippen LogP contribution is 2.35. The molecule has 1 aliphatic rings. The van der Waals surface area contributed by atoms with E-state index in [1.54, 1.807) is 4.90 Å². The Kier molecular flexibility index (Phi) is 3.89. The topological polar surface area (TPSA) is 58.4 Å². The van der Waals surface area contributed by atoms with Gasteiger partial charge in [-0.2, -0.15) is 0 Å². The van der Waals surface area contributed by atoms with Crippen molar-refractivity contribution >= 4 is 11.4 Å². The summed E-state index contributed by atoms with van der Waals surface area (Å²) >= 11 is 0. The number of rotatable bonds is 3. The van der Waals surface area contributed by atoms with Crippen LogP contribution in [0.25, 0.3) is 0 Å². The van der Waals surface area contributed by atoms with Gasteiger partial charge in [-0.1, -0.05) is 0 Å². The molecule has 7 heteroatoms. The molecule has 1 aliphatic heterocycles. The molecule has 0 amide bonds. The molecule has 0 radical (unpaired) electrons. The summed E-state index contributed by atoms with van der Waals surface area (Å²) in [6.07, 6.45) is 1.41. The van der Waals surface area contributed by atoms with E-state index in [0.717, 1.165) is 12.1 Å². The third-order valence-corrected chi connectivity index (χ3v) is 4.03. The normalized spacial score (nSPS) is 18.1. The zero-order valence-electron chi connectivity index (χ0n) is 11.4. The molecule has 2 rings (SSSR count). The lowest BCUT2D eigenvalue weighted by Gasteiger charge is -2.40. The van der Waals surface area contributed by atoms with E-state index in [9.17, 15) is 18.9 Å². The van der Waals surface area contributed by atoms with Crippen LogP contribution in [0.5, 0.6) is 0 Å². The second kappa shape index (κ2) is 5.32. The maximum absolute atomic E-state index is 13.9. The molecular formula is C13H17F2N3O2. The monoisotopic (exact) mass is 285 g/mol. The summed E-state index contributed by atoms with van der Waals surface area (Å²) in [4.78, 5) is 11.9. The second-order valence-electron chi connectivity index (χ2n) is 5.28. The average Bonchev–Trinajstić information content (AvgIpc) is 2.43. The molecule has 1 heterocycles. The first-order valence-electron chi connectivity index (χ1n) is 6.44. The lowest BCUT2D eigenvalue weighted by Crippen LogP contribution is -2.50. The van der Waals surface area contributed by atoms with E-state index in [4.69, 9.17) is 0 Å². The maximum atomic E-state index is 13.9. The van der Waals surface area contributed by atoms with Crippen LogP contribution in [0, 0.1) is 21.7 Å². The molecule has 0 aromatic heterocycles. The van der Waals surface area contributed by atoms with Crippen LogP contribution in [0.2, 0.25) is 0 Å². The fourth-order valence-corrected chi connectivity index (χ4v) is 2.45. The number of nitrogens with zero attached hydrogens (tertiary/aromatic N) is 2. The Bertz CT molecular complexity index is 529. The number of piperidine rings is 1. The zero-order chi connectivity index (χ0) is 14.9. The fourth-order valence-electron chi connectivity index (χ4n) is 2.45. The van der Waals surface area contributed by atoms with Gasteiger partial charge in [0.2, 0.25) is 0 Å².